The summed E-state index contributed by atoms with van der Waals surface area (Å²) in [5, 5.41) is 9.55. The van der Waals surface area contributed by atoms with Gasteiger partial charge in [0, 0.05) is 24.2 Å². The molecular weight excluding hydrogens is 218 g/mol. The Hall–Kier alpha value is -1.29. The molecule has 1 N–H and O–H groups in total. The Morgan fingerprint density at radius 2 is 2.13 bits per heavy atom. The third-order valence-electron chi connectivity index (χ3n) is 2.02. The summed E-state index contributed by atoms with van der Waals surface area (Å²) in [5.41, 5.74) is 2.01. The van der Waals surface area contributed by atoms with Gasteiger partial charge in [0.05, 0.1) is 5.69 Å². The van der Waals surface area contributed by atoms with Gasteiger partial charge in [-0.1, -0.05) is 0 Å². The van der Waals surface area contributed by atoms with Gasteiger partial charge in [0.1, 0.15) is 12.4 Å². The van der Waals surface area contributed by atoms with E-state index in [0.717, 1.165) is 5.56 Å². The van der Waals surface area contributed by atoms with E-state index in [0.29, 0.717) is 11.3 Å². The maximum atomic E-state index is 10.6. The molecule has 0 aromatic carbocycles. The molecule has 0 aliphatic heterocycles. The minimum atomic E-state index is -0.343. The van der Waals surface area contributed by atoms with E-state index < -0.39 is 0 Å². The van der Waals surface area contributed by atoms with Crippen LogP contribution >= 0.6 is 12.4 Å². The summed E-state index contributed by atoms with van der Waals surface area (Å²) >= 11 is 0. The first-order valence-electron chi connectivity index (χ1n) is 4.29. The van der Waals surface area contributed by atoms with Crippen molar-refractivity contribution in [3.63, 3.8) is 0 Å². The van der Waals surface area contributed by atoms with Crippen LogP contribution in [0.5, 0.6) is 5.75 Å². The van der Waals surface area contributed by atoms with Gasteiger partial charge in [-0.3, -0.25) is 9.78 Å². The van der Waals surface area contributed by atoms with Crippen LogP contribution < -0.4 is 0 Å². The molecule has 0 fully saturated rings. The molecule has 1 aromatic heterocycles. The summed E-state index contributed by atoms with van der Waals surface area (Å²) in [6.07, 6.45) is 1.60. The van der Waals surface area contributed by atoms with Gasteiger partial charge >= 0.3 is 5.97 Å². The average Bonchev–Trinajstić information content (AvgIpc) is 2.13. The molecule has 0 amide bonds. The van der Waals surface area contributed by atoms with E-state index >= 15 is 0 Å². The summed E-state index contributed by atoms with van der Waals surface area (Å²) in [6, 6.07) is 0. The van der Waals surface area contributed by atoms with Crippen LogP contribution in [0.1, 0.15) is 23.7 Å². The lowest BCUT2D eigenvalue weighted by Crippen LogP contribution is -2.02. The van der Waals surface area contributed by atoms with Crippen molar-refractivity contribution >= 4 is 18.4 Å². The van der Waals surface area contributed by atoms with Gasteiger partial charge in [-0.25, -0.2) is 0 Å². The minimum absolute atomic E-state index is 0. The lowest BCUT2D eigenvalue weighted by molar-refractivity contribution is -0.142. The highest BCUT2D eigenvalue weighted by Crippen LogP contribution is 2.22. The van der Waals surface area contributed by atoms with Crippen molar-refractivity contribution in [2.24, 2.45) is 0 Å². The zero-order chi connectivity index (χ0) is 10.7. The van der Waals surface area contributed by atoms with Crippen LogP contribution in [0.25, 0.3) is 0 Å². The molecule has 0 radical (unpaired) electrons. The van der Waals surface area contributed by atoms with Gasteiger partial charge in [0.2, 0.25) is 0 Å². The molecule has 1 rings (SSSR count). The number of aromatic hydroxyl groups is 1. The first kappa shape index (κ1) is 13.7. The molecule has 84 valence electrons. The molecule has 5 heteroatoms. The van der Waals surface area contributed by atoms with Crippen LogP contribution in [0.3, 0.4) is 0 Å². The van der Waals surface area contributed by atoms with Crippen LogP contribution in [-0.4, -0.2) is 16.1 Å². The van der Waals surface area contributed by atoms with Gasteiger partial charge in [-0.05, 0) is 13.8 Å². The first-order valence-corrected chi connectivity index (χ1v) is 4.29. The number of ether oxygens (including phenoxy) is 1. The summed E-state index contributed by atoms with van der Waals surface area (Å²) in [6.45, 7) is 4.99. The third-order valence-corrected chi connectivity index (χ3v) is 2.02. The molecule has 1 aromatic rings. The van der Waals surface area contributed by atoms with E-state index in [1.165, 1.54) is 6.92 Å². The number of rotatable bonds is 2. The number of hydrogen-bond donors (Lipinski definition) is 1. The third kappa shape index (κ3) is 3.40. The lowest BCUT2D eigenvalue weighted by atomic mass is 10.1. The molecule has 0 unspecified atom stereocenters. The van der Waals surface area contributed by atoms with Crippen molar-refractivity contribution in [1.29, 1.82) is 0 Å². The molecule has 1 heterocycles. The van der Waals surface area contributed by atoms with Crippen molar-refractivity contribution in [2.75, 3.05) is 0 Å². The first-order chi connectivity index (χ1) is 6.52. The number of carbonyl (C=O) groups is 1. The molecule has 0 saturated heterocycles. The molecular formula is C10H14ClNO3. The monoisotopic (exact) mass is 231 g/mol. The molecule has 15 heavy (non-hydrogen) atoms. The van der Waals surface area contributed by atoms with Gasteiger partial charge in [0.25, 0.3) is 0 Å². The highest BCUT2D eigenvalue weighted by molar-refractivity contribution is 5.85. The molecule has 0 aliphatic rings. The standard InChI is InChI=1S/C10H13NO3.ClH/c1-6-9(5-14-8(3)12)4-11-7(2)10(6)13;/h4,13H,5H2,1-3H3;1H. The topological polar surface area (TPSA) is 59.4 Å². The number of pyridine rings is 1. The quantitative estimate of drug-likeness (QED) is 0.790. The highest BCUT2D eigenvalue weighted by Gasteiger charge is 2.08. The summed E-state index contributed by atoms with van der Waals surface area (Å²) in [7, 11) is 0. The van der Waals surface area contributed by atoms with Gasteiger partial charge in [-0.15, -0.1) is 12.4 Å². The fraction of sp³-hybridized carbons (Fsp3) is 0.400. The van der Waals surface area contributed by atoms with E-state index in [1.54, 1.807) is 20.0 Å². The smallest absolute Gasteiger partial charge is 0.302 e. The molecule has 0 spiro atoms. The second-order valence-electron chi connectivity index (χ2n) is 3.12. The maximum absolute atomic E-state index is 10.6. The summed E-state index contributed by atoms with van der Waals surface area (Å²) < 4.78 is 4.81. The zero-order valence-corrected chi connectivity index (χ0v) is 9.72. The zero-order valence-electron chi connectivity index (χ0n) is 8.90. The second kappa shape index (κ2) is 5.56. The van der Waals surface area contributed by atoms with E-state index in [2.05, 4.69) is 4.98 Å². The highest BCUT2D eigenvalue weighted by atomic mass is 35.5. The van der Waals surface area contributed by atoms with Crippen molar-refractivity contribution in [2.45, 2.75) is 27.4 Å². The second-order valence-corrected chi connectivity index (χ2v) is 3.12. The number of nitrogens with zero attached hydrogens (tertiary/aromatic N) is 1. The summed E-state index contributed by atoms with van der Waals surface area (Å²) in [4.78, 5) is 14.6. The number of esters is 1. The van der Waals surface area contributed by atoms with Gasteiger partial charge < -0.3 is 9.84 Å². The molecule has 4 nitrogen and oxygen atoms in total. The lowest BCUT2D eigenvalue weighted by Gasteiger charge is -2.08. The number of aryl methyl sites for hydroxylation is 1. The molecule has 0 saturated carbocycles. The van der Waals surface area contributed by atoms with Crippen LogP contribution in [0, 0.1) is 13.8 Å². The number of hydrogen-bond acceptors (Lipinski definition) is 4. The van der Waals surface area contributed by atoms with Crippen LogP contribution in [0.2, 0.25) is 0 Å². The predicted molar refractivity (Wildman–Crippen MR) is 58.1 cm³/mol. The van der Waals surface area contributed by atoms with Crippen LogP contribution in [0.15, 0.2) is 6.20 Å². The van der Waals surface area contributed by atoms with E-state index in [4.69, 9.17) is 4.74 Å². The number of carbonyl (C=O) groups excluding carboxylic acids is 1. The van der Waals surface area contributed by atoms with Gasteiger partial charge in [-0.2, -0.15) is 0 Å². The molecule has 0 atom stereocenters. The largest absolute Gasteiger partial charge is 0.506 e. The van der Waals surface area contributed by atoms with Crippen molar-refractivity contribution in [3.8, 4) is 5.75 Å². The van der Waals surface area contributed by atoms with E-state index in [-0.39, 0.29) is 30.7 Å². The van der Waals surface area contributed by atoms with Crippen molar-refractivity contribution in [3.05, 3.63) is 23.0 Å². The minimum Gasteiger partial charge on any atom is -0.506 e. The Bertz CT molecular complexity index is 366. The van der Waals surface area contributed by atoms with Crippen molar-refractivity contribution in [1.82, 2.24) is 4.98 Å². The molecule has 0 bridgehead atoms. The average molecular weight is 232 g/mol. The Labute approximate surface area is 94.7 Å². The SMILES string of the molecule is CC(=O)OCc1cnc(C)c(O)c1C.Cl. The Morgan fingerprint density at radius 1 is 1.53 bits per heavy atom. The summed E-state index contributed by atoms with van der Waals surface area (Å²) in [5.74, 6) is -0.181. The fourth-order valence-corrected chi connectivity index (χ4v) is 1.08. The Morgan fingerprint density at radius 3 is 2.67 bits per heavy atom. The Balaban J connectivity index is 0.00000196. The number of aromatic nitrogens is 1. The van der Waals surface area contributed by atoms with E-state index in [9.17, 15) is 9.90 Å². The molecule has 0 aliphatic carbocycles. The predicted octanol–water partition coefficient (Wildman–Crippen LogP) is 1.89. The maximum Gasteiger partial charge on any atom is 0.302 e. The Kier molecular flexibility index (Phi) is 5.08. The normalized spacial score (nSPS) is 9.27. The van der Waals surface area contributed by atoms with E-state index in [1.807, 2.05) is 0 Å². The van der Waals surface area contributed by atoms with Crippen LogP contribution in [-0.2, 0) is 16.1 Å². The fourth-order valence-electron chi connectivity index (χ4n) is 1.08. The van der Waals surface area contributed by atoms with Crippen molar-refractivity contribution < 1.29 is 14.6 Å². The van der Waals surface area contributed by atoms with Crippen LogP contribution in [0.4, 0.5) is 0 Å². The van der Waals surface area contributed by atoms with Gasteiger partial charge in [0.15, 0.2) is 0 Å². The number of halogens is 1.